The van der Waals surface area contributed by atoms with E-state index in [-0.39, 0.29) is 22.5 Å². The molecule has 0 bridgehead atoms. The monoisotopic (exact) mass is 313 g/mol. The number of hydrogen-bond donors (Lipinski definition) is 0. The Morgan fingerprint density at radius 3 is 2.00 bits per heavy atom. The quantitative estimate of drug-likeness (QED) is 0.486. The van der Waals surface area contributed by atoms with E-state index in [2.05, 4.69) is 0 Å². The number of thiocarbonyl (C=S) groups is 1. The lowest BCUT2D eigenvalue weighted by Crippen LogP contribution is -2.55. The normalized spacial score (nSPS) is 15.1. The minimum absolute atomic E-state index is 0.0852. The van der Waals surface area contributed by atoms with Crippen LogP contribution in [0.15, 0.2) is 29.8 Å². The van der Waals surface area contributed by atoms with Gasteiger partial charge in [0.1, 0.15) is 5.57 Å². The van der Waals surface area contributed by atoms with E-state index in [1.807, 2.05) is 19.9 Å². The van der Waals surface area contributed by atoms with Crippen LogP contribution in [0.5, 0.6) is 0 Å². The van der Waals surface area contributed by atoms with Crippen LogP contribution in [0.1, 0.15) is 25.0 Å². The Morgan fingerprint density at radius 1 is 1.09 bits per heavy atom. The summed E-state index contributed by atoms with van der Waals surface area (Å²) in [6, 6.07) is 8.71. The fraction of sp³-hybridized carbons (Fsp3) is 0.250. The maximum atomic E-state index is 12.4. The molecule has 1 aliphatic rings. The van der Waals surface area contributed by atoms with Gasteiger partial charge in [-0.2, -0.15) is 5.26 Å². The zero-order chi connectivity index (χ0) is 16.3. The molecule has 5 nitrogen and oxygen atoms in total. The molecule has 1 aliphatic heterocycles. The van der Waals surface area contributed by atoms with Gasteiger partial charge in [-0.15, -0.1) is 0 Å². The van der Waals surface area contributed by atoms with Gasteiger partial charge >= 0.3 is 0 Å². The fourth-order valence-corrected chi connectivity index (χ4v) is 2.63. The van der Waals surface area contributed by atoms with Crippen molar-refractivity contribution in [3.63, 3.8) is 0 Å². The van der Waals surface area contributed by atoms with Crippen molar-refractivity contribution in [1.82, 2.24) is 9.80 Å². The van der Waals surface area contributed by atoms with Crippen molar-refractivity contribution in [3.05, 3.63) is 41.0 Å². The smallest absolute Gasteiger partial charge is 0.265 e. The lowest BCUT2D eigenvalue weighted by atomic mass is 10.1. The molecule has 2 amide bonds. The van der Waals surface area contributed by atoms with E-state index in [0.717, 1.165) is 0 Å². The first-order valence-electron chi connectivity index (χ1n) is 6.93. The van der Waals surface area contributed by atoms with Crippen LogP contribution in [-0.2, 0) is 9.59 Å². The number of amides is 2. The molecule has 1 saturated heterocycles. The first kappa shape index (κ1) is 15.9. The Hall–Kier alpha value is -2.52. The van der Waals surface area contributed by atoms with Gasteiger partial charge in [-0.05, 0) is 49.8 Å². The van der Waals surface area contributed by atoms with E-state index in [1.165, 1.54) is 9.80 Å². The second-order valence-electron chi connectivity index (χ2n) is 4.67. The second kappa shape index (κ2) is 6.50. The molecule has 0 N–H and O–H groups in total. The van der Waals surface area contributed by atoms with Crippen LogP contribution in [-0.4, -0.2) is 39.8 Å². The van der Waals surface area contributed by atoms with Crippen molar-refractivity contribution >= 4 is 35.2 Å². The third kappa shape index (κ3) is 2.76. The number of carbonyl (C=O) groups excluding carboxylic acids is 2. The van der Waals surface area contributed by atoms with Crippen molar-refractivity contribution in [2.24, 2.45) is 0 Å². The topological polar surface area (TPSA) is 64.4 Å². The lowest BCUT2D eigenvalue weighted by Gasteiger charge is -2.35. The zero-order valence-corrected chi connectivity index (χ0v) is 13.2. The van der Waals surface area contributed by atoms with Crippen LogP contribution in [0.25, 0.3) is 6.08 Å². The van der Waals surface area contributed by atoms with Gasteiger partial charge in [-0.25, -0.2) is 0 Å². The van der Waals surface area contributed by atoms with Crippen LogP contribution in [0, 0.1) is 11.3 Å². The summed E-state index contributed by atoms with van der Waals surface area (Å²) in [4.78, 5) is 27.7. The maximum Gasteiger partial charge on any atom is 0.265 e. The van der Waals surface area contributed by atoms with Crippen LogP contribution < -0.4 is 0 Å². The first-order chi connectivity index (χ1) is 10.5. The summed E-state index contributed by atoms with van der Waals surface area (Å²) in [6.07, 6.45) is 1.54. The number of benzene rings is 1. The fourth-order valence-electron chi connectivity index (χ4n) is 2.20. The summed E-state index contributed by atoms with van der Waals surface area (Å²) in [5.41, 5.74) is 1.30. The number of likely N-dealkylation sites (N-methyl/N-ethyl adjacent to an activating group) is 2. The average molecular weight is 313 g/mol. The minimum Gasteiger partial charge on any atom is -0.285 e. The highest BCUT2D eigenvalue weighted by Gasteiger charge is 2.37. The molecule has 0 saturated carbocycles. The molecule has 0 unspecified atom stereocenters. The zero-order valence-electron chi connectivity index (χ0n) is 12.4. The van der Waals surface area contributed by atoms with Gasteiger partial charge in [-0.1, -0.05) is 12.1 Å². The third-order valence-electron chi connectivity index (χ3n) is 3.40. The Kier molecular flexibility index (Phi) is 4.68. The maximum absolute atomic E-state index is 12.4. The van der Waals surface area contributed by atoms with Gasteiger partial charge in [0, 0.05) is 13.1 Å². The standard InChI is InChI=1S/C16H15N3O2S/c1-3-18-14(20)13(15(21)19(4-2)16(18)22)9-11-5-7-12(10-17)8-6-11/h5-9H,3-4H2,1-2H3. The van der Waals surface area contributed by atoms with Gasteiger partial charge in [0.2, 0.25) is 0 Å². The number of nitriles is 1. The predicted molar refractivity (Wildman–Crippen MR) is 86.5 cm³/mol. The minimum atomic E-state index is -0.383. The molecular formula is C16H15N3O2S. The molecular weight excluding hydrogens is 298 g/mol. The van der Waals surface area contributed by atoms with E-state index in [0.29, 0.717) is 24.2 Å². The van der Waals surface area contributed by atoms with Crippen molar-refractivity contribution in [1.29, 1.82) is 5.26 Å². The van der Waals surface area contributed by atoms with Gasteiger partial charge in [-0.3, -0.25) is 19.4 Å². The number of carbonyl (C=O) groups is 2. The van der Waals surface area contributed by atoms with Gasteiger partial charge in [0.25, 0.3) is 11.8 Å². The van der Waals surface area contributed by atoms with Crippen LogP contribution >= 0.6 is 12.2 Å². The molecule has 2 rings (SSSR count). The highest BCUT2D eigenvalue weighted by molar-refractivity contribution is 7.80. The van der Waals surface area contributed by atoms with Crippen molar-refractivity contribution in [2.45, 2.75) is 13.8 Å². The molecule has 0 aliphatic carbocycles. The third-order valence-corrected chi connectivity index (χ3v) is 3.84. The highest BCUT2D eigenvalue weighted by Crippen LogP contribution is 2.20. The SMILES string of the molecule is CCN1C(=O)C(=Cc2ccc(C#N)cc2)C(=O)N(CC)C1=S. The highest BCUT2D eigenvalue weighted by atomic mass is 32.1. The molecule has 1 fully saturated rings. The van der Waals surface area contributed by atoms with E-state index in [4.69, 9.17) is 17.5 Å². The van der Waals surface area contributed by atoms with E-state index in [1.54, 1.807) is 30.3 Å². The summed E-state index contributed by atoms with van der Waals surface area (Å²) in [7, 11) is 0. The number of hydrogen-bond acceptors (Lipinski definition) is 4. The van der Waals surface area contributed by atoms with Gasteiger partial charge < -0.3 is 0 Å². The molecule has 0 aromatic heterocycles. The van der Waals surface area contributed by atoms with Gasteiger partial charge in [0.05, 0.1) is 11.6 Å². The Balaban J connectivity index is 2.44. The molecule has 0 spiro atoms. The van der Waals surface area contributed by atoms with Crippen LogP contribution in [0.4, 0.5) is 0 Å². The van der Waals surface area contributed by atoms with E-state index >= 15 is 0 Å². The summed E-state index contributed by atoms with van der Waals surface area (Å²) in [5, 5.41) is 9.04. The van der Waals surface area contributed by atoms with Gasteiger partial charge in [0.15, 0.2) is 5.11 Å². The summed E-state index contributed by atoms with van der Waals surface area (Å²) in [5.74, 6) is -0.766. The molecule has 1 heterocycles. The first-order valence-corrected chi connectivity index (χ1v) is 7.33. The molecule has 6 heteroatoms. The molecule has 0 atom stereocenters. The van der Waals surface area contributed by atoms with E-state index in [9.17, 15) is 9.59 Å². The molecule has 1 aromatic carbocycles. The van der Waals surface area contributed by atoms with Crippen LogP contribution in [0.2, 0.25) is 0 Å². The van der Waals surface area contributed by atoms with E-state index < -0.39 is 0 Å². The predicted octanol–water partition coefficient (Wildman–Crippen LogP) is 1.94. The van der Waals surface area contributed by atoms with Crippen LogP contribution in [0.3, 0.4) is 0 Å². The largest absolute Gasteiger partial charge is 0.285 e. The molecule has 1 aromatic rings. The molecule has 22 heavy (non-hydrogen) atoms. The van der Waals surface area contributed by atoms with Crippen molar-refractivity contribution in [2.75, 3.05) is 13.1 Å². The number of nitrogens with zero attached hydrogens (tertiary/aromatic N) is 3. The Labute approximate surface area is 134 Å². The Morgan fingerprint density at radius 2 is 1.59 bits per heavy atom. The molecule has 112 valence electrons. The number of rotatable bonds is 3. The van der Waals surface area contributed by atoms with Crippen molar-refractivity contribution in [3.8, 4) is 6.07 Å². The Bertz CT molecular complexity index is 673. The average Bonchev–Trinajstić information content (AvgIpc) is 2.53. The second-order valence-corrected chi connectivity index (χ2v) is 5.04. The summed E-state index contributed by atoms with van der Waals surface area (Å²) < 4.78 is 0. The molecule has 0 radical (unpaired) electrons. The van der Waals surface area contributed by atoms with Crippen molar-refractivity contribution < 1.29 is 9.59 Å². The lowest BCUT2D eigenvalue weighted by molar-refractivity contribution is -0.133. The summed E-state index contributed by atoms with van der Waals surface area (Å²) >= 11 is 5.20. The summed E-state index contributed by atoms with van der Waals surface area (Å²) in [6.45, 7) is 4.44.